The molecule has 148 valence electrons. The van der Waals surface area contributed by atoms with E-state index in [-0.39, 0.29) is 12.1 Å². The number of aromatic nitrogens is 5. The Kier molecular flexibility index (Phi) is 5.39. The average Bonchev–Trinajstić information content (AvgIpc) is 3.05. The maximum Gasteiger partial charge on any atom is 0.237 e. The Bertz CT molecular complexity index is 872. The quantitative estimate of drug-likeness (QED) is 0.808. The molecular formula is C19H25N7O2. The molecule has 1 saturated heterocycles. The first-order valence-corrected chi connectivity index (χ1v) is 9.85. The normalized spacial score (nSPS) is 22.3. The number of hydrogen-bond acceptors (Lipinski definition) is 8. The number of ether oxygens (including phenoxy) is 2. The fourth-order valence-corrected chi connectivity index (χ4v) is 3.87. The maximum absolute atomic E-state index is 9.27. The van der Waals surface area contributed by atoms with E-state index >= 15 is 0 Å². The molecular weight excluding hydrogens is 358 g/mol. The van der Waals surface area contributed by atoms with Gasteiger partial charge in [0.25, 0.3) is 0 Å². The molecule has 1 saturated carbocycles. The lowest BCUT2D eigenvalue weighted by Crippen LogP contribution is -2.39. The van der Waals surface area contributed by atoms with E-state index in [0.29, 0.717) is 36.5 Å². The number of nitriles is 1. The Balaban J connectivity index is 1.46. The van der Waals surface area contributed by atoms with Crippen molar-refractivity contribution in [2.45, 2.75) is 64.1 Å². The summed E-state index contributed by atoms with van der Waals surface area (Å²) in [5.41, 5.74) is 0.338. The zero-order chi connectivity index (χ0) is 19.5. The highest BCUT2D eigenvalue weighted by Gasteiger charge is 2.28. The van der Waals surface area contributed by atoms with Crippen molar-refractivity contribution in [3.05, 3.63) is 23.4 Å². The summed E-state index contributed by atoms with van der Waals surface area (Å²) in [4.78, 5) is 8.74. The van der Waals surface area contributed by atoms with E-state index < -0.39 is 0 Å². The van der Waals surface area contributed by atoms with Crippen LogP contribution in [0, 0.1) is 18.3 Å². The zero-order valence-electron chi connectivity index (χ0n) is 16.3. The number of nitrogens with one attached hydrogen (secondary N) is 1. The highest BCUT2D eigenvalue weighted by atomic mass is 16.6. The SMILES string of the molecule is CCn1c(C)nnc1[C@H]1CCC[C@@H](Nc2ncc(C#N)c(OC3COC3)n2)C1. The van der Waals surface area contributed by atoms with Crippen LogP contribution in [0.1, 0.15) is 55.7 Å². The van der Waals surface area contributed by atoms with E-state index in [1.807, 2.05) is 6.92 Å². The maximum atomic E-state index is 9.27. The first-order valence-electron chi connectivity index (χ1n) is 9.85. The lowest BCUT2D eigenvalue weighted by Gasteiger charge is -2.30. The van der Waals surface area contributed by atoms with E-state index in [1.54, 1.807) is 0 Å². The van der Waals surface area contributed by atoms with Crippen molar-refractivity contribution >= 4 is 5.95 Å². The molecule has 1 aliphatic heterocycles. The second-order valence-corrected chi connectivity index (χ2v) is 7.36. The molecule has 9 nitrogen and oxygen atoms in total. The van der Waals surface area contributed by atoms with Gasteiger partial charge in [0, 0.05) is 18.5 Å². The van der Waals surface area contributed by atoms with Gasteiger partial charge in [0.05, 0.1) is 19.4 Å². The molecule has 2 fully saturated rings. The lowest BCUT2D eigenvalue weighted by atomic mass is 9.85. The molecule has 2 atom stereocenters. The van der Waals surface area contributed by atoms with Gasteiger partial charge < -0.3 is 19.4 Å². The van der Waals surface area contributed by atoms with Gasteiger partial charge in [-0.3, -0.25) is 0 Å². The standard InChI is InChI=1S/C19H25N7O2/c1-3-26-12(2)24-25-17(26)13-5-4-6-15(7-13)22-19-21-9-14(8-20)18(23-19)28-16-10-27-11-16/h9,13,15-16H,3-7,10-11H2,1-2H3,(H,21,22,23)/t13-,15+/m0/s1. The second kappa shape index (κ2) is 8.10. The first kappa shape index (κ1) is 18.6. The number of aryl methyl sites for hydroxylation is 1. The van der Waals surface area contributed by atoms with Crippen LogP contribution in [0.4, 0.5) is 5.95 Å². The molecule has 28 heavy (non-hydrogen) atoms. The van der Waals surface area contributed by atoms with Gasteiger partial charge in [0.15, 0.2) is 0 Å². The monoisotopic (exact) mass is 383 g/mol. The largest absolute Gasteiger partial charge is 0.468 e. The average molecular weight is 383 g/mol. The predicted octanol–water partition coefficient (Wildman–Crippen LogP) is 2.18. The van der Waals surface area contributed by atoms with Gasteiger partial charge in [0.2, 0.25) is 11.8 Å². The van der Waals surface area contributed by atoms with Gasteiger partial charge in [-0.2, -0.15) is 10.2 Å². The smallest absolute Gasteiger partial charge is 0.237 e. The van der Waals surface area contributed by atoms with Crippen LogP contribution in [0.25, 0.3) is 0 Å². The van der Waals surface area contributed by atoms with E-state index in [2.05, 4.69) is 43.0 Å². The molecule has 0 unspecified atom stereocenters. The highest BCUT2D eigenvalue weighted by Crippen LogP contribution is 2.33. The van der Waals surface area contributed by atoms with Gasteiger partial charge in [-0.25, -0.2) is 4.98 Å². The first-order chi connectivity index (χ1) is 13.7. The van der Waals surface area contributed by atoms with Crippen LogP contribution < -0.4 is 10.1 Å². The Morgan fingerprint density at radius 3 is 2.93 bits per heavy atom. The molecule has 0 amide bonds. The van der Waals surface area contributed by atoms with Crippen molar-refractivity contribution in [1.82, 2.24) is 24.7 Å². The fraction of sp³-hybridized carbons (Fsp3) is 0.632. The van der Waals surface area contributed by atoms with Crippen molar-refractivity contribution < 1.29 is 9.47 Å². The van der Waals surface area contributed by atoms with Gasteiger partial charge in [-0.15, -0.1) is 10.2 Å². The summed E-state index contributed by atoms with van der Waals surface area (Å²) in [5.74, 6) is 3.22. The Labute approximate surface area is 164 Å². The molecule has 2 aromatic heterocycles. The molecule has 0 radical (unpaired) electrons. The minimum absolute atomic E-state index is 0.0439. The van der Waals surface area contributed by atoms with Crippen LogP contribution in [0.3, 0.4) is 0 Å². The minimum Gasteiger partial charge on any atom is -0.468 e. The van der Waals surface area contributed by atoms with Gasteiger partial charge in [0.1, 0.15) is 29.4 Å². The van der Waals surface area contributed by atoms with Gasteiger partial charge in [-0.1, -0.05) is 6.42 Å². The van der Waals surface area contributed by atoms with Gasteiger partial charge >= 0.3 is 0 Å². The summed E-state index contributed by atoms with van der Waals surface area (Å²) in [6.45, 7) is 6.06. The Hall–Kier alpha value is -2.73. The molecule has 4 rings (SSSR count). The second-order valence-electron chi connectivity index (χ2n) is 7.36. The predicted molar refractivity (Wildman–Crippen MR) is 101 cm³/mol. The Morgan fingerprint density at radius 2 is 2.21 bits per heavy atom. The van der Waals surface area contributed by atoms with Crippen molar-refractivity contribution in [3.8, 4) is 11.9 Å². The van der Waals surface area contributed by atoms with Crippen molar-refractivity contribution in [2.24, 2.45) is 0 Å². The topological polar surface area (TPSA) is 111 Å². The number of nitrogens with zero attached hydrogens (tertiary/aromatic N) is 6. The molecule has 1 aliphatic carbocycles. The summed E-state index contributed by atoms with van der Waals surface area (Å²) in [7, 11) is 0. The van der Waals surface area contributed by atoms with Crippen LogP contribution in [0.2, 0.25) is 0 Å². The molecule has 0 aromatic carbocycles. The van der Waals surface area contributed by atoms with Crippen molar-refractivity contribution in [3.63, 3.8) is 0 Å². The molecule has 0 bridgehead atoms. The molecule has 3 heterocycles. The number of anilines is 1. The van der Waals surface area contributed by atoms with E-state index in [9.17, 15) is 5.26 Å². The molecule has 2 aliphatic rings. The molecule has 0 spiro atoms. The summed E-state index contributed by atoms with van der Waals surface area (Å²) < 4.78 is 13.1. The molecule has 2 aromatic rings. The van der Waals surface area contributed by atoms with E-state index in [0.717, 1.165) is 43.9 Å². The zero-order valence-corrected chi connectivity index (χ0v) is 16.3. The third-order valence-electron chi connectivity index (χ3n) is 5.41. The van der Waals surface area contributed by atoms with Crippen molar-refractivity contribution in [1.29, 1.82) is 5.26 Å². The van der Waals surface area contributed by atoms with Crippen LogP contribution in [-0.4, -0.2) is 50.1 Å². The fourth-order valence-electron chi connectivity index (χ4n) is 3.87. The molecule has 9 heteroatoms. The van der Waals surface area contributed by atoms with Gasteiger partial charge in [-0.05, 0) is 33.1 Å². The number of hydrogen-bond donors (Lipinski definition) is 1. The third-order valence-corrected chi connectivity index (χ3v) is 5.41. The summed E-state index contributed by atoms with van der Waals surface area (Å²) in [5, 5.41) is 21.4. The number of rotatable bonds is 6. The van der Waals surface area contributed by atoms with Crippen LogP contribution >= 0.6 is 0 Å². The van der Waals surface area contributed by atoms with Crippen LogP contribution in [0.5, 0.6) is 5.88 Å². The van der Waals surface area contributed by atoms with Crippen LogP contribution in [-0.2, 0) is 11.3 Å². The van der Waals surface area contributed by atoms with E-state index in [1.165, 1.54) is 6.20 Å². The highest BCUT2D eigenvalue weighted by molar-refractivity contribution is 5.41. The summed E-state index contributed by atoms with van der Waals surface area (Å²) in [6, 6.07) is 2.33. The third kappa shape index (κ3) is 3.78. The van der Waals surface area contributed by atoms with Crippen LogP contribution in [0.15, 0.2) is 6.20 Å². The van der Waals surface area contributed by atoms with E-state index in [4.69, 9.17) is 9.47 Å². The summed E-state index contributed by atoms with van der Waals surface area (Å²) >= 11 is 0. The van der Waals surface area contributed by atoms with Crippen molar-refractivity contribution in [2.75, 3.05) is 18.5 Å². The summed E-state index contributed by atoms with van der Waals surface area (Å²) in [6.07, 6.45) is 5.69. The minimum atomic E-state index is -0.0439. The molecule has 1 N–H and O–H groups in total. The Morgan fingerprint density at radius 1 is 1.36 bits per heavy atom. The lowest BCUT2D eigenvalue weighted by molar-refractivity contribution is -0.0814.